The number of nitrogens with one attached hydrogen (secondary N) is 1. The summed E-state index contributed by atoms with van der Waals surface area (Å²) in [5, 5.41) is 11.3. The summed E-state index contributed by atoms with van der Waals surface area (Å²) >= 11 is 0. The number of benzene rings is 1. The molecule has 1 aromatic carbocycles. The molecule has 2 rings (SSSR count). The summed E-state index contributed by atoms with van der Waals surface area (Å²) in [6.07, 6.45) is 0.315. The summed E-state index contributed by atoms with van der Waals surface area (Å²) in [6.45, 7) is -1.13. The van der Waals surface area contributed by atoms with Gasteiger partial charge in [-0.15, -0.1) is 0 Å². The van der Waals surface area contributed by atoms with Gasteiger partial charge in [0.2, 0.25) is 5.91 Å². The predicted molar refractivity (Wildman–Crippen MR) is 68.9 cm³/mol. The number of hydrogen-bond donors (Lipinski definition) is 2. The average Bonchev–Trinajstić information content (AvgIpc) is 3.18. The van der Waals surface area contributed by atoms with E-state index in [0.717, 1.165) is 5.56 Å². The fourth-order valence-corrected chi connectivity index (χ4v) is 2.13. The van der Waals surface area contributed by atoms with Gasteiger partial charge in [-0.3, -0.25) is 9.59 Å². The van der Waals surface area contributed by atoms with Gasteiger partial charge in [-0.05, 0) is 19.4 Å². The van der Waals surface area contributed by atoms with E-state index >= 15 is 0 Å². The first kappa shape index (κ1) is 15.2. The summed E-state index contributed by atoms with van der Waals surface area (Å²) in [5.41, 5.74) is 1.27. The number of alkyl halides is 2. The minimum absolute atomic E-state index is 0.00137. The van der Waals surface area contributed by atoms with Crippen LogP contribution in [0.15, 0.2) is 18.2 Å². The van der Waals surface area contributed by atoms with Gasteiger partial charge in [-0.2, -0.15) is 8.78 Å². The Morgan fingerprint density at radius 1 is 1.43 bits per heavy atom. The van der Waals surface area contributed by atoms with Crippen molar-refractivity contribution in [2.45, 2.75) is 26.5 Å². The van der Waals surface area contributed by atoms with E-state index in [2.05, 4.69) is 10.1 Å². The Labute approximate surface area is 119 Å². The Balaban J connectivity index is 1.98. The maximum absolute atomic E-state index is 12.3. The topological polar surface area (TPSA) is 75.6 Å². The average molecular weight is 299 g/mol. The zero-order valence-electron chi connectivity index (χ0n) is 11.3. The largest absolute Gasteiger partial charge is 0.481 e. The first-order valence-corrected chi connectivity index (χ1v) is 6.43. The van der Waals surface area contributed by atoms with Gasteiger partial charge in [0, 0.05) is 12.1 Å². The van der Waals surface area contributed by atoms with Crippen LogP contribution in [0.4, 0.5) is 8.78 Å². The second kappa shape index (κ2) is 6.07. The van der Waals surface area contributed by atoms with Crippen LogP contribution in [0.2, 0.25) is 0 Å². The number of amides is 1. The van der Waals surface area contributed by atoms with Crippen molar-refractivity contribution in [2.75, 3.05) is 0 Å². The molecule has 1 amide bonds. The third-order valence-electron chi connectivity index (χ3n) is 3.33. The van der Waals surface area contributed by atoms with Crippen LogP contribution in [-0.2, 0) is 16.1 Å². The van der Waals surface area contributed by atoms with E-state index in [4.69, 9.17) is 5.11 Å². The van der Waals surface area contributed by atoms with Crippen LogP contribution in [0.3, 0.4) is 0 Å². The molecule has 114 valence electrons. The summed E-state index contributed by atoms with van der Waals surface area (Å²) in [5.74, 6) is -2.55. The number of carboxylic acid groups (broad SMARTS) is 1. The Morgan fingerprint density at radius 2 is 2.14 bits per heavy atom. The van der Waals surface area contributed by atoms with E-state index in [1.165, 1.54) is 6.07 Å². The fraction of sp³-hybridized carbons (Fsp3) is 0.429. The van der Waals surface area contributed by atoms with Crippen LogP contribution in [0, 0.1) is 18.8 Å². The Kier molecular flexibility index (Phi) is 4.40. The van der Waals surface area contributed by atoms with Crippen molar-refractivity contribution in [3.63, 3.8) is 0 Å². The zero-order chi connectivity index (χ0) is 15.6. The van der Waals surface area contributed by atoms with Crippen molar-refractivity contribution in [1.82, 2.24) is 5.32 Å². The molecule has 7 heteroatoms. The summed E-state index contributed by atoms with van der Waals surface area (Å²) in [6, 6.07) is 4.68. The molecule has 2 N–H and O–H groups in total. The van der Waals surface area contributed by atoms with Gasteiger partial charge in [0.25, 0.3) is 0 Å². The van der Waals surface area contributed by atoms with Crippen molar-refractivity contribution < 1.29 is 28.2 Å². The molecule has 2 unspecified atom stereocenters. The monoisotopic (exact) mass is 299 g/mol. The zero-order valence-corrected chi connectivity index (χ0v) is 11.3. The van der Waals surface area contributed by atoms with E-state index < -0.39 is 24.4 Å². The van der Waals surface area contributed by atoms with Crippen molar-refractivity contribution in [3.05, 3.63) is 29.3 Å². The van der Waals surface area contributed by atoms with Gasteiger partial charge >= 0.3 is 12.6 Å². The van der Waals surface area contributed by atoms with Crippen LogP contribution < -0.4 is 10.1 Å². The number of carbonyl (C=O) groups is 2. The molecule has 0 bridgehead atoms. The van der Waals surface area contributed by atoms with Crippen LogP contribution in [-0.4, -0.2) is 23.6 Å². The maximum Gasteiger partial charge on any atom is 0.387 e. The molecular formula is C14H15F2NO4. The Hall–Kier alpha value is -2.18. The van der Waals surface area contributed by atoms with Crippen molar-refractivity contribution in [2.24, 2.45) is 11.8 Å². The van der Waals surface area contributed by atoms with Gasteiger partial charge in [-0.25, -0.2) is 0 Å². The SMILES string of the molecule is Cc1ccc(OC(F)F)c(CNC(=O)C2CC2C(=O)O)c1. The van der Waals surface area contributed by atoms with Crippen molar-refractivity contribution >= 4 is 11.9 Å². The molecule has 0 aliphatic heterocycles. The van der Waals surface area contributed by atoms with E-state index in [0.29, 0.717) is 12.0 Å². The lowest BCUT2D eigenvalue weighted by Gasteiger charge is -2.12. The van der Waals surface area contributed by atoms with E-state index in [1.807, 2.05) is 0 Å². The van der Waals surface area contributed by atoms with Gasteiger partial charge in [-0.1, -0.05) is 17.7 Å². The molecule has 1 aliphatic carbocycles. The molecule has 0 saturated heterocycles. The van der Waals surface area contributed by atoms with Crippen molar-refractivity contribution in [1.29, 1.82) is 0 Å². The highest BCUT2D eigenvalue weighted by Crippen LogP contribution is 2.38. The molecule has 0 heterocycles. The highest BCUT2D eigenvalue weighted by molar-refractivity contribution is 5.89. The fourth-order valence-electron chi connectivity index (χ4n) is 2.13. The third kappa shape index (κ3) is 3.90. The maximum atomic E-state index is 12.3. The molecule has 5 nitrogen and oxygen atoms in total. The van der Waals surface area contributed by atoms with Crippen LogP contribution in [0.25, 0.3) is 0 Å². The molecule has 1 aromatic rings. The lowest BCUT2D eigenvalue weighted by atomic mass is 10.1. The Morgan fingerprint density at radius 3 is 2.71 bits per heavy atom. The third-order valence-corrected chi connectivity index (χ3v) is 3.33. The van der Waals surface area contributed by atoms with Gasteiger partial charge in [0.15, 0.2) is 0 Å². The molecule has 2 atom stereocenters. The molecule has 1 fully saturated rings. The number of aryl methyl sites for hydroxylation is 1. The number of hydrogen-bond acceptors (Lipinski definition) is 3. The lowest BCUT2D eigenvalue weighted by molar-refractivity contribution is -0.140. The molecule has 21 heavy (non-hydrogen) atoms. The quantitative estimate of drug-likeness (QED) is 0.841. The molecular weight excluding hydrogens is 284 g/mol. The second-order valence-electron chi connectivity index (χ2n) is 4.99. The Bertz CT molecular complexity index is 562. The summed E-state index contributed by atoms with van der Waals surface area (Å²) in [4.78, 5) is 22.4. The smallest absolute Gasteiger partial charge is 0.387 e. The van der Waals surface area contributed by atoms with Crippen LogP contribution in [0.1, 0.15) is 17.5 Å². The molecule has 0 spiro atoms. The number of aliphatic carboxylic acids is 1. The van der Waals surface area contributed by atoms with Gasteiger partial charge in [0.1, 0.15) is 5.75 Å². The number of carbonyl (C=O) groups excluding carboxylic acids is 1. The van der Waals surface area contributed by atoms with Gasteiger partial charge in [0.05, 0.1) is 11.8 Å². The molecule has 1 saturated carbocycles. The molecule has 0 aromatic heterocycles. The highest BCUT2D eigenvalue weighted by Gasteiger charge is 2.48. The normalized spacial score (nSPS) is 20.2. The first-order chi connectivity index (χ1) is 9.88. The minimum Gasteiger partial charge on any atom is -0.481 e. The number of ether oxygens (including phenoxy) is 1. The molecule has 1 aliphatic rings. The number of halogens is 2. The van der Waals surface area contributed by atoms with Crippen LogP contribution >= 0.6 is 0 Å². The highest BCUT2D eigenvalue weighted by atomic mass is 19.3. The summed E-state index contributed by atoms with van der Waals surface area (Å²) < 4.78 is 29.0. The summed E-state index contributed by atoms with van der Waals surface area (Å²) in [7, 11) is 0. The van der Waals surface area contributed by atoms with E-state index in [1.54, 1.807) is 19.1 Å². The first-order valence-electron chi connectivity index (χ1n) is 6.43. The number of carboxylic acids is 1. The van der Waals surface area contributed by atoms with E-state index in [9.17, 15) is 18.4 Å². The number of rotatable bonds is 6. The predicted octanol–water partition coefficient (Wildman–Crippen LogP) is 1.93. The van der Waals surface area contributed by atoms with E-state index in [-0.39, 0.29) is 18.2 Å². The van der Waals surface area contributed by atoms with Crippen molar-refractivity contribution in [3.8, 4) is 5.75 Å². The second-order valence-corrected chi connectivity index (χ2v) is 4.99. The standard InChI is InChI=1S/C14H15F2NO4/c1-7-2-3-11(21-14(15)16)8(4-7)6-17-12(18)9-5-10(9)13(19)20/h2-4,9-10,14H,5-6H2,1H3,(H,17,18)(H,19,20). The van der Waals surface area contributed by atoms with Gasteiger partial charge < -0.3 is 15.2 Å². The minimum atomic E-state index is -2.94. The lowest BCUT2D eigenvalue weighted by Crippen LogP contribution is -2.26. The molecule has 0 radical (unpaired) electrons. The van der Waals surface area contributed by atoms with Crippen LogP contribution in [0.5, 0.6) is 5.75 Å².